The zero-order valence-corrected chi connectivity index (χ0v) is 9.24. The maximum atomic E-state index is 11.1. The molecule has 0 aromatic heterocycles. The molecule has 0 radical (unpaired) electrons. The predicted molar refractivity (Wildman–Crippen MR) is 55.2 cm³/mol. The van der Waals surface area contributed by atoms with Gasteiger partial charge >= 0.3 is 0 Å². The fourth-order valence-corrected chi connectivity index (χ4v) is 1.35. The van der Waals surface area contributed by atoms with Gasteiger partial charge in [0, 0.05) is 25.4 Å². The van der Waals surface area contributed by atoms with E-state index in [2.05, 4.69) is 0 Å². The first-order chi connectivity index (χ1) is 6.00. The molecule has 0 spiro atoms. The quantitative estimate of drug-likeness (QED) is 0.548. The third kappa shape index (κ3) is 3.75. The number of allylic oxidation sites excluding steroid dienone is 1. The Morgan fingerprint density at radius 1 is 1.23 bits per heavy atom. The Kier molecular flexibility index (Phi) is 3.89. The van der Waals surface area contributed by atoms with Crippen molar-refractivity contribution >= 4 is 40.6 Å². The summed E-state index contributed by atoms with van der Waals surface area (Å²) in [5.41, 5.74) is 0. The number of rotatable bonds is 2. The smallest absolute Gasteiger partial charge is 0.252 e. The van der Waals surface area contributed by atoms with Crippen molar-refractivity contribution in [1.82, 2.24) is 4.90 Å². The molecule has 1 saturated heterocycles. The summed E-state index contributed by atoms with van der Waals surface area (Å²) < 4.78 is -1.82. The summed E-state index contributed by atoms with van der Waals surface area (Å²) in [4.78, 5) is 13.1. The number of halogens is 3. The highest BCUT2D eigenvalue weighted by Gasteiger charge is 2.28. The van der Waals surface area contributed by atoms with Gasteiger partial charge in [0.25, 0.3) is 3.79 Å². The maximum Gasteiger partial charge on any atom is 0.252 e. The first-order valence-electron chi connectivity index (χ1n) is 4.03. The second kappa shape index (κ2) is 4.54. The van der Waals surface area contributed by atoms with E-state index in [4.69, 9.17) is 34.8 Å². The second-order valence-corrected chi connectivity index (χ2v) is 5.20. The van der Waals surface area contributed by atoms with E-state index in [0.717, 1.165) is 25.9 Å². The van der Waals surface area contributed by atoms with Crippen LogP contribution >= 0.6 is 34.8 Å². The van der Waals surface area contributed by atoms with Gasteiger partial charge in [0.15, 0.2) is 0 Å². The Labute approximate surface area is 92.4 Å². The molecule has 5 heteroatoms. The summed E-state index contributed by atoms with van der Waals surface area (Å²) in [6.45, 7) is 1.95. The van der Waals surface area contributed by atoms with Crippen molar-refractivity contribution in [2.24, 2.45) is 0 Å². The van der Waals surface area contributed by atoms with Crippen molar-refractivity contribution in [3.8, 4) is 0 Å². The van der Waals surface area contributed by atoms with Crippen molar-refractivity contribution in [2.75, 3.05) is 13.1 Å². The first-order valence-corrected chi connectivity index (χ1v) is 5.17. The molecule has 1 heterocycles. The van der Waals surface area contributed by atoms with Gasteiger partial charge in [-0.05, 0) is 12.8 Å². The summed E-state index contributed by atoms with van der Waals surface area (Å²) >= 11 is 16.1. The van der Waals surface area contributed by atoms with Crippen molar-refractivity contribution in [2.45, 2.75) is 16.6 Å². The number of hydrogen-bond donors (Lipinski definition) is 0. The van der Waals surface area contributed by atoms with Gasteiger partial charge in [-0.2, -0.15) is 0 Å². The lowest BCUT2D eigenvalue weighted by molar-refractivity contribution is -0.113. The lowest BCUT2D eigenvalue weighted by atomic mass is 10.4. The number of alkyl halides is 3. The van der Waals surface area contributed by atoms with E-state index in [0.29, 0.717) is 0 Å². The van der Waals surface area contributed by atoms with Crippen LogP contribution in [-0.2, 0) is 4.79 Å². The standard InChI is InChI=1S/C8H10Cl3NO/c9-8(10,11)7(13)3-6-12-4-1-2-5-12/h3,6H,1-2,4-5H2/b6-3+. The number of likely N-dealkylation sites (tertiary alicyclic amines) is 1. The Bertz CT molecular complexity index is 216. The lowest BCUT2D eigenvalue weighted by Crippen LogP contribution is -2.18. The average Bonchev–Trinajstić information content (AvgIpc) is 2.50. The summed E-state index contributed by atoms with van der Waals surface area (Å²) in [6, 6.07) is 0. The van der Waals surface area contributed by atoms with Crippen LogP contribution in [0.25, 0.3) is 0 Å². The molecule has 2 nitrogen and oxygen atoms in total. The molecule has 0 atom stereocenters. The van der Waals surface area contributed by atoms with Gasteiger partial charge in [-0.25, -0.2) is 0 Å². The summed E-state index contributed by atoms with van der Waals surface area (Å²) in [7, 11) is 0. The largest absolute Gasteiger partial charge is 0.377 e. The van der Waals surface area contributed by atoms with Gasteiger partial charge in [0.2, 0.25) is 5.78 Å². The van der Waals surface area contributed by atoms with Crippen LogP contribution < -0.4 is 0 Å². The first kappa shape index (κ1) is 11.2. The third-order valence-corrected chi connectivity index (χ3v) is 2.42. The second-order valence-electron chi connectivity index (χ2n) is 2.92. The Balaban J connectivity index is 2.43. The van der Waals surface area contributed by atoms with Crippen LogP contribution in [0.5, 0.6) is 0 Å². The minimum absolute atomic E-state index is 0.496. The van der Waals surface area contributed by atoms with Crippen LogP contribution in [0.3, 0.4) is 0 Å². The topological polar surface area (TPSA) is 20.3 Å². The van der Waals surface area contributed by atoms with E-state index in [1.165, 1.54) is 6.08 Å². The molecule has 1 aliphatic rings. The third-order valence-electron chi connectivity index (χ3n) is 1.86. The predicted octanol–water partition coefficient (Wildman–Crippen LogP) is 2.54. The van der Waals surface area contributed by atoms with Gasteiger partial charge in [-0.15, -0.1) is 0 Å². The number of hydrogen-bond acceptors (Lipinski definition) is 2. The highest BCUT2D eigenvalue weighted by Crippen LogP contribution is 2.27. The SMILES string of the molecule is O=C(/C=C/N1CCCC1)C(Cl)(Cl)Cl. The Hall–Kier alpha value is 0.0800. The molecule has 13 heavy (non-hydrogen) atoms. The number of ketones is 1. The summed E-state index contributed by atoms with van der Waals surface area (Å²) in [6.07, 6.45) is 5.33. The van der Waals surface area contributed by atoms with Crippen LogP contribution in [0.1, 0.15) is 12.8 Å². The molecule has 1 aliphatic heterocycles. The van der Waals surface area contributed by atoms with Crippen LogP contribution in [0.4, 0.5) is 0 Å². The molecule has 0 aromatic carbocycles. The average molecular weight is 243 g/mol. The molecule has 0 unspecified atom stereocenters. The zero-order valence-electron chi connectivity index (χ0n) is 6.97. The molecule has 0 amide bonds. The fraction of sp³-hybridized carbons (Fsp3) is 0.625. The molecule has 1 fully saturated rings. The number of carbonyl (C=O) groups is 1. The van der Waals surface area contributed by atoms with E-state index >= 15 is 0 Å². The maximum absolute atomic E-state index is 11.1. The summed E-state index contributed by atoms with van der Waals surface area (Å²) in [5.74, 6) is -0.496. The fourth-order valence-electron chi connectivity index (χ4n) is 1.16. The molecule has 0 bridgehead atoms. The molecule has 0 saturated carbocycles. The highest BCUT2D eigenvalue weighted by atomic mass is 35.6. The van der Waals surface area contributed by atoms with Crippen LogP contribution in [0, 0.1) is 0 Å². The molecular weight excluding hydrogens is 232 g/mol. The Morgan fingerprint density at radius 3 is 2.23 bits per heavy atom. The minimum atomic E-state index is -1.82. The highest BCUT2D eigenvalue weighted by molar-refractivity contribution is 6.77. The van der Waals surface area contributed by atoms with Gasteiger partial charge in [-0.1, -0.05) is 34.8 Å². The molecule has 0 N–H and O–H groups in total. The van der Waals surface area contributed by atoms with Crippen LogP contribution in [-0.4, -0.2) is 27.6 Å². The van der Waals surface area contributed by atoms with E-state index in [1.54, 1.807) is 6.20 Å². The van der Waals surface area contributed by atoms with E-state index in [-0.39, 0.29) is 0 Å². The molecule has 74 valence electrons. The molecule has 1 rings (SSSR count). The lowest BCUT2D eigenvalue weighted by Gasteiger charge is -2.11. The number of nitrogens with zero attached hydrogens (tertiary/aromatic N) is 1. The Morgan fingerprint density at radius 2 is 1.77 bits per heavy atom. The van der Waals surface area contributed by atoms with E-state index in [1.807, 2.05) is 4.90 Å². The van der Waals surface area contributed by atoms with Crippen molar-refractivity contribution in [1.29, 1.82) is 0 Å². The van der Waals surface area contributed by atoms with Gasteiger partial charge in [-0.3, -0.25) is 4.79 Å². The van der Waals surface area contributed by atoms with Gasteiger partial charge in [0.05, 0.1) is 0 Å². The normalized spacial score (nSPS) is 18.5. The molecule has 0 aliphatic carbocycles. The monoisotopic (exact) mass is 241 g/mol. The molecule has 0 aromatic rings. The van der Waals surface area contributed by atoms with Crippen LogP contribution in [0.15, 0.2) is 12.3 Å². The van der Waals surface area contributed by atoms with E-state index in [9.17, 15) is 4.79 Å². The minimum Gasteiger partial charge on any atom is -0.377 e. The van der Waals surface area contributed by atoms with Crippen LogP contribution in [0.2, 0.25) is 0 Å². The molecular formula is C8H10Cl3NO. The summed E-state index contributed by atoms with van der Waals surface area (Å²) in [5, 5.41) is 0. The zero-order chi connectivity index (χ0) is 9.90. The van der Waals surface area contributed by atoms with Gasteiger partial charge < -0.3 is 4.90 Å². The van der Waals surface area contributed by atoms with E-state index < -0.39 is 9.58 Å². The number of carbonyl (C=O) groups excluding carboxylic acids is 1. The van der Waals surface area contributed by atoms with Gasteiger partial charge in [0.1, 0.15) is 0 Å². The van der Waals surface area contributed by atoms with Crippen molar-refractivity contribution < 1.29 is 4.79 Å². The van der Waals surface area contributed by atoms with Crippen molar-refractivity contribution in [3.05, 3.63) is 12.3 Å². The van der Waals surface area contributed by atoms with Crippen molar-refractivity contribution in [3.63, 3.8) is 0 Å².